The molecule has 2 aromatic carbocycles. The highest BCUT2D eigenvalue weighted by molar-refractivity contribution is 8.25. The normalized spacial score (nSPS) is 16.2. The summed E-state index contributed by atoms with van der Waals surface area (Å²) in [6.45, 7) is 0. The van der Waals surface area contributed by atoms with E-state index in [1.165, 1.54) is 27.1 Å². The van der Waals surface area contributed by atoms with Gasteiger partial charge in [0.25, 0.3) is 5.69 Å². The predicted octanol–water partition coefficient (Wildman–Crippen LogP) is 5.89. The molecule has 0 atom stereocenters. The number of allylic oxidation sites excluding steroid dienone is 2. The third-order valence-electron chi connectivity index (χ3n) is 3.81. The molecule has 1 heterocycles. The maximum Gasteiger partial charge on any atom is 0.283 e. The van der Waals surface area contributed by atoms with Gasteiger partial charge in [-0.15, -0.1) is 23.5 Å². The summed E-state index contributed by atoms with van der Waals surface area (Å²) in [4.78, 5) is 12.7. The number of hydrogen-bond donors (Lipinski definition) is 0. The zero-order valence-electron chi connectivity index (χ0n) is 12.6. The van der Waals surface area contributed by atoms with Crippen molar-refractivity contribution < 1.29 is 4.92 Å². The van der Waals surface area contributed by atoms with Crippen LogP contribution in [0.15, 0.2) is 63.7 Å². The molecular formula is C18H13NO2S3. The van der Waals surface area contributed by atoms with E-state index in [0.29, 0.717) is 4.90 Å². The van der Waals surface area contributed by atoms with Gasteiger partial charge in [-0.05, 0) is 23.3 Å². The van der Waals surface area contributed by atoms with Gasteiger partial charge in [0.1, 0.15) is 0 Å². The number of nitro benzene ring substituents is 1. The molecule has 1 aliphatic heterocycles. The fourth-order valence-electron chi connectivity index (χ4n) is 2.75. The van der Waals surface area contributed by atoms with E-state index < -0.39 is 0 Å². The van der Waals surface area contributed by atoms with E-state index in [1.54, 1.807) is 12.1 Å². The van der Waals surface area contributed by atoms with Crippen LogP contribution >= 0.6 is 35.3 Å². The molecule has 0 saturated carbocycles. The Morgan fingerprint density at radius 2 is 1.62 bits per heavy atom. The average molecular weight is 372 g/mol. The molecule has 120 valence electrons. The lowest BCUT2D eigenvalue weighted by Gasteiger charge is -2.06. The van der Waals surface area contributed by atoms with Crippen molar-refractivity contribution in [2.24, 2.45) is 0 Å². The summed E-state index contributed by atoms with van der Waals surface area (Å²) in [7, 11) is 0. The van der Waals surface area contributed by atoms with Crippen molar-refractivity contribution in [1.29, 1.82) is 0 Å². The fourth-order valence-corrected chi connectivity index (χ4v) is 6.37. The minimum atomic E-state index is -0.314. The smallest absolute Gasteiger partial charge is 0.258 e. The molecule has 1 fully saturated rings. The van der Waals surface area contributed by atoms with E-state index in [4.69, 9.17) is 0 Å². The molecule has 0 radical (unpaired) electrons. The number of nitro groups is 1. The van der Waals surface area contributed by atoms with Crippen molar-refractivity contribution in [2.75, 3.05) is 11.5 Å². The van der Waals surface area contributed by atoms with Crippen LogP contribution in [0.25, 0.3) is 10.5 Å². The van der Waals surface area contributed by atoms with Crippen molar-refractivity contribution in [2.45, 2.75) is 4.90 Å². The van der Waals surface area contributed by atoms with E-state index in [1.807, 2.05) is 41.7 Å². The molecule has 0 aromatic heterocycles. The minimum Gasteiger partial charge on any atom is -0.258 e. The van der Waals surface area contributed by atoms with Crippen LogP contribution in [-0.4, -0.2) is 16.4 Å². The van der Waals surface area contributed by atoms with Gasteiger partial charge in [0.15, 0.2) is 0 Å². The highest BCUT2D eigenvalue weighted by atomic mass is 32.2. The molecule has 3 nitrogen and oxygen atoms in total. The Hall–Kier alpha value is -1.63. The number of nitrogens with zero attached hydrogens (tertiary/aromatic N) is 1. The Morgan fingerprint density at radius 1 is 0.958 bits per heavy atom. The molecule has 24 heavy (non-hydrogen) atoms. The molecule has 0 N–H and O–H groups in total. The summed E-state index contributed by atoms with van der Waals surface area (Å²) in [5.41, 5.74) is 3.82. The zero-order valence-corrected chi connectivity index (χ0v) is 15.0. The van der Waals surface area contributed by atoms with Gasteiger partial charge in [-0.3, -0.25) is 10.1 Å². The summed E-state index contributed by atoms with van der Waals surface area (Å²) < 4.78 is 1.36. The molecule has 6 heteroatoms. The number of hydrogen-bond acceptors (Lipinski definition) is 5. The van der Waals surface area contributed by atoms with Gasteiger partial charge in [-0.25, -0.2) is 0 Å². The van der Waals surface area contributed by atoms with Crippen LogP contribution in [0, 0.1) is 10.1 Å². The van der Waals surface area contributed by atoms with Crippen LogP contribution in [0.1, 0.15) is 11.1 Å². The van der Waals surface area contributed by atoms with Crippen LogP contribution in [0.4, 0.5) is 5.69 Å². The third-order valence-corrected chi connectivity index (χ3v) is 7.68. The van der Waals surface area contributed by atoms with E-state index in [9.17, 15) is 10.1 Å². The van der Waals surface area contributed by atoms with Gasteiger partial charge in [0, 0.05) is 32.3 Å². The average Bonchev–Trinajstić information content (AvgIpc) is 3.23. The maximum absolute atomic E-state index is 11.3. The maximum atomic E-state index is 11.3. The third kappa shape index (κ3) is 2.90. The molecular weight excluding hydrogens is 358 g/mol. The Morgan fingerprint density at radius 3 is 2.38 bits per heavy atom. The molecule has 2 aliphatic rings. The first kappa shape index (κ1) is 15.9. The molecule has 1 saturated heterocycles. The number of para-hydroxylation sites is 1. The molecule has 0 unspecified atom stereocenters. The minimum absolute atomic E-state index is 0.159. The number of fused-ring (bicyclic) bond motifs is 1. The van der Waals surface area contributed by atoms with Crippen molar-refractivity contribution in [3.63, 3.8) is 0 Å². The second-order valence-corrected chi connectivity index (χ2v) is 8.83. The Labute approximate surface area is 152 Å². The van der Waals surface area contributed by atoms with Gasteiger partial charge < -0.3 is 0 Å². The van der Waals surface area contributed by atoms with Gasteiger partial charge in [0.2, 0.25) is 0 Å². The molecule has 0 amide bonds. The van der Waals surface area contributed by atoms with Crippen molar-refractivity contribution in [3.8, 4) is 0 Å². The summed E-state index contributed by atoms with van der Waals surface area (Å²) in [6.07, 6.45) is 2.19. The summed E-state index contributed by atoms with van der Waals surface area (Å²) >= 11 is 5.28. The molecule has 4 rings (SSSR count). The first-order valence-electron chi connectivity index (χ1n) is 7.46. The zero-order chi connectivity index (χ0) is 16.5. The lowest BCUT2D eigenvalue weighted by atomic mass is 10.1. The molecule has 0 spiro atoms. The van der Waals surface area contributed by atoms with E-state index >= 15 is 0 Å². The molecule has 0 bridgehead atoms. The van der Waals surface area contributed by atoms with Crippen LogP contribution < -0.4 is 0 Å². The highest BCUT2D eigenvalue weighted by Crippen LogP contribution is 2.51. The second-order valence-electron chi connectivity index (χ2n) is 5.28. The SMILES string of the molecule is O=[N+]([O-])c1ccccc1SC1=CC(=C2SCCS2)c2ccccc21. The lowest BCUT2D eigenvalue weighted by molar-refractivity contribution is -0.387. The van der Waals surface area contributed by atoms with Gasteiger partial charge in [-0.2, -0.15) is 0 Å². The predicted molar refractivity (Wildman–Crippen MR) is 105 cm³/mol. The largest absolute Gasteiger partial charge is 0.283 e. The van der Waals surface area contributed by atoms with Gasteiger partial charge in [-0.1, -0.05) is 48.2 Å². The first-order chi connectivity index (χ1) is 11.7. The summed E-state index contributed by atoms with van der Waals surface area (Å²) in [6, 6.07) is 15.2. The van der Waals surface area contributed by atoms with E-state index in [0.717, 1.165) is 22.0 Å². The quantitative estimate of drug-likeness (QED) is 0.497. The monoisotopic (exact) mass is 371 g/mol. The summed E-state index contributed by atoms with van der Waals surface area (Å²) in [5, 5.41) is 11.3. The second kappa shape index (κ2) is 6.70. The van der Waals surface area contributed by atoms with Gasteiger partial charge >= 0.3 is 0 Å². The Kier molecular flexibility index (Phi) is 4.43. The Bertz CT molecular complexity index is 881. The highest BCUT2D eigenvalue weighted by Gasteiger charge is 2.25. The lowest BCUT2D eigenvalue weighted by Crippen LogP contribution is -1.90. The topological polar surface area (TPSA) is 43.1 Å². The Balaban J connectivity index is 1.78. The van der Waals surface area contributed by atoms with E-state index in [2.05, 4.69) is 24.3 Å². The fraction of sp³-hybridized carbons (Fsp3) is 0.111. The van der Waals surface area contributed by atoms with Crippen LogP contribution in [0.2, 0.25) is 0 Å². The van der Waals surface area contributed by atoms with Crippen molar-refractivity contribution in [1.82, 2.24) is 0 Å². The van der Waals surface area contributed by atoms with Crippen LogP contribution in [0.3, 0.4) is 0 Å². The van der Waals surface area contributed by atoms with Crippen LogP contribution in [0.5, 0.6) is 0 Å². The number of benzene rings is 2. The molecule has 1 aliphatic carbocycles. The van der Waals surface area contributed by atoms with Crippen molar-refractivity contribution in [3.05, 3.63) is 80.1 Å². The standard InChI is InChI=1S/C18H13NO2S3/c20-19(21)15-7-3-4-8-16(15)24-17-11-14(18-22-9-10-23-18)12-5-1-2-6-13(12)17/h1-8,11H,9-10H2. The number of rotatable bonds is 3. The van der Waals surface area contributed by atoms with Gasteiger partial charge in [0.05, 0.1) is 9.82 Å². The van der Waals surface area contributed by atoms with E-state index in [-0.39, 0.29) is 10.6 Å². The van der Waals surface area contributed by atoms with Crippen LogP contribution in [-0.2, 0) is 0 Å². The van der Waals surface area contributed by atoms with Crippen molar-refractivity contribution >= 4 is 51.5 Å². The number of thioether (sulfide) groups is 3. The first-order valence-corrected chi connectivity index (χ1v) is 10.3. The summed E-state index contributed by atoms with van der Waals surface area (Å²) in [5.74, 6) is 2.29. The molecule has 2 aromatic rings.